The van der Waals surface area contributed by atoms with E-state index < -0.39 is 5.91 Å². The molecule has 0 bridgehead atoms. The van der Waals surface area contributed by atoms with Gasteiger partial charge in [-0.05, 0) is 50.5 Å². The molecule has 0 atom stereocenters. The molecule has 1 heterocycles. The maximum absolute atomic E-state index is 11.5. The highest BCUT2D eigenvalue weighted by atomic mass is 16.5. The summed E-state index contributed by atoms with van der Waals surface area (Å²) in [4.78, 5) is 11.5. The number of ether oxygens (including phenoxy) is 1. The molecule has 1 amide bonds. The number of amides is 1. The second-order valence-electron chi connectivity index (χ2n) is 5.14. The van der Waals surface area contributed by atoms with Crippen LogP contribution in [-0.4, -0.2) is 5.91 Å². The first-order chi connectivity index (χ1) is 9.93. The van der Waals surface area contributed by atoms with Crippen molar-refractivity contribution < 1.29 is 13.9 Å². The van der Waals surface area contributed by atoms with Gasteiger partial charge in [0.25, 0.3) is 0 Å². The van der Waals surface area contributed by atoms with E-state index in [2.05, 4.69) is 11.5 Å². The van der Waals surface area contributed by atoms with E-state index in [9.17, 15) is 4.79 Å². The summed E-state index contributed by atoms with van der Waals surface area (Å²) in [5, 5.41) is 0. The molecule has 0 unspecified atom stereocenters. The van der Waals surface area contributed by atoms with Gasteiger partial charge in [-0.2, -0.15) is 0 Å². The molecule has 1 aromatic heterocycles. The number of benzene rings is 1. The molecule has 0 fully saturated rings. The van der Waals surface area contributed by atoms with Gasteiger partial charge in [0.05, 0.1) is 0 Å². The van der Waals surface area contributed by atoms with Gasteiger partial charge in [0, 0.05) is 5.56 Å². The van der Waals surface area contributed by atoms with Crippen LogP contribution in [0.3, 0.4) is 0 Å². The summed E-state index contributed by atoms with van der Waals surface area (Å²) in [5.41, 5.74) is 6.15. The van der Waals surface area contributed by atoms with E-state index in [1.165, 1.54) is 5.56 Å². The Kier molecular flexibility index (Phi) is 4.33. The van der Waals surface area contributed by atoms with E-state index in [-0.39, 0.29) is 12.4 Å². The lowest BCUT2D eigenvalue weighted by atomic mass is 10.1. The van der Waals surface area contributed by atoms with Gasteiger partial charge in [0.1, 0.15) is 18.1 Å². The molecule has 0 saturated carbocycles. The van der Waals surface area contributed by atoms with Gasteiger partial charge < -0.3 is 9.15 Å². The molecule has 21 heavy (non-hydrogen) atoms. The molecule has 0 saturated heterocycles. The molecule has 5 nitrogen and oxygen atoms in total. The molecule has 0 radical (unpaired) electrons. The number of nitrogen functional groups attached to an aromatic ring is 1. The highest BCUT2D eigenvalue weighted by Gasteiger charge is 2.15. The molecule has 0 aliphatic carbocycles. The van der Waals surface area contributed by atoms with E-state index in [0.29, 0.717) is 5.76 Å². The van der Waals surface area contributed by atoms with Crippen LogP contribution in [0, 0.1) is 27.7 Å². The average Bonchev–Trinajstić information content (AvgIpc) is 2.83. The van der Waals surface area contributed by atoms with Crippen molar-refractivity contribution in [1.82, 2.24) is 5.43 Å². The number of hydrazine groups is 1. The fourth-order valence-electron chi connectivity index (χ4n) is 2.20. The number of carbonyl (C=O) groups excluding carboxylic acids is 1. The van der Waals surface area contributed by atoms with Crippen LogP contribution < -0.4 is 16.0 Å². The lowest BCUT2D eigenvalue weighted by Crippen LogP contribution is -2.30. The molecular weight excluding hydrogens is 268 g/mol. The highest BCUT2D eigenvalue weighted by molar-refractivity contribution is 5.92. The molecule has 3 N–H and O–H groups in total. The quantitative estimate of drug-likeness (QED) is 0.515. The zero-order valence-electron chi connectivity index (χ0n) is 12.7. The molecule has 5 heteroatoms. The zero-order valence-corrected chi connectivity index (χ0v) is 12.7. The molecule has 1 aromatic carbocycles. The Morgan fingerprint density at radius 3 is 2.52 bits per heavy atom. The lowest BCUT2D eigenvalue weighted by Gasteiger charge is -2.12. The summed E-state index contributed by atoms with van der Waals surface area (Å²) in [6.07, 6.45) is 0. The number of hydrogen-bond donors (Lipinski definition) is 2. The smallest absolute Gasteiger partial charge is 0.301 e. The maximum Gasteiger partial charge on any atom is 0.301 e. The largest absolute Gasteiger partial charge is 0.485 e. The van der Waals surface area contributed by atoms with Crippen molar-refractivity contribution >= 4 is 5.91 Å². The van der Waals surface area contributed by atoms with Gasteiger partial charge >= 0.3 is 5.91 Å². The maximum atomic E-state index is 11.5. The SMILES string of the molecule is Cc1cc(COc2c(C)ccc(C)c2C)oc1C(=O)NN. The third kappa shape index (κ3) is 3.08. The summed E-state index contributed by atoms with van der Waals surface area (Å²) in [7, 11) is 0. The number of carbonyl (C=O) groups is 1. The summed E-state index contributed by atoms with van der Waals surface area (Å²) in [6, 6.07) is 5.88. The van der Waals surface area contributed by atoms with Crippen molar-refractivity contribution in [1.29, 1.82) is 0 Å². The van der Waals surface area contributed by atoms with Crippen molar-refractivity contribution in [3.05, 3.63) is 52.0 Å². The minimum absolute atomic E-state index is 0.216. The summed E-state index contributed by atoms with van der Waals surface area (Å²) < 4.78 is 11.3. The monoisotopic (exact) mass is 288 g/mol. The molecule has 2 rings (SSSR count). The number of hydrogen-bond acceptors (Lipinski definition) is 4. The van der Waals surface area contributed by atoms with Crippen LogP contribution in [-0.2, 0) is 6.61 Å². The first kappa shape index (κ1) is 15.1. The van der Waals surface area contributed by atoms with Crippen LogP contribution in [0.5, 0.6) is 5.75 Å². The molecule has 2 aromatic rings. The molecule has 0 aliphatic rings. The predicted octanol–water partition coefficient (Wildman–Crippen LogP) is 2.70. The second-order valence-corrected chi connectivity index (χ2v) is 5.14. The number of nitrogens with two attached hydrogens (primary N) is 1. The van der Waals surface area contributed by atoms with Crippen LogP contribution in [0.1, 0.15) is 38.6 Å². The fourth-order valence-corrected chi connectivity index (χ4v) is 2.20. The van der Waals surface area contributed by atoms with Crippen LogP contribution in [0.2, 0.25) is 0 Å². The Morgan fingerprint density at radius 1 is 1.19 bits per heavy atom. The van der Waals surface area contributed by atoms with Gasteiger partial charge in [-0.15, -0.1) is 0 Å². The van der Waals surface area contributed by atoms with Crippen LogP contribution >= 0.6 is 0 Å². The van der Waals surface area contributed by atoms with Gasteiger partial charge in [0.15, 0.2) is 5.76 Å². The van der Waals surface area contributed by atoms with Crippen LogP contribution in [0.15, 0.2) is 22.6 Å². The Balaban J connectivity index is 2.18. The normalized spacial score (nSPS) is 10.5. The minimum Gasteiger partial charge on any atom is -0.485 e. The first-order valence-corrected chi connectivity index (χ1v) is 6.74. The molecule has 0 spiro atoms. The zero-order chi connectivity index (χ0) is 15.6. The third-order valence-electron chi connectivity index (χ3n) is 3.54. The second kappa shape index (κ2) is 6.01. The van der Waals surface area contributed by atoms with Gasteiger partial charge in [-0.3, -0.25) is 10.2 Å². The van der Waals surface area contributed by atoms with Crippen molar-refractivity contribution in [2.24, 2.45) is 5.84 Å². The number of furan rings is 1. The summed E-state index contributed by atoms with van der Waals surface area (Å²) >= 11 is 0. The average molecular weight is 288 g/mol. The summed E-state index contributed by atoms with van der Waals surface area (Å²) in [6.45, 7) is 8.13. The lowest BCUT2D eigenvalue weighted by molar-refractivity contribution is 0.0921. The van der Waals surface area contributed by atoms with E-state index in [1.54, 1.807) is 13.0 Å². The fraction of sp³-hybridized carbons (Fsp3) is 0.312. The Hall–Kier alpha value is -2.27. The topological polar surface area (TPSA) is 77.5 Å². The van der Waals surface area contributed by atoms with Crippen LogP contribution in [0.4, 0.5) is 0 Å². The Labute approximate surface area is 124 Å². The van der Waals surface area contributed by atoms with E-state index >= 15 is 0 Å². The van der Waals surface area contributed by atoms with Gasteiger partial charge in [-0.25, -0.2) is 5.84 Å². The van der Waals surface area contributed by atoms with Crippen molar-refractivity contribution in [2.45, 2.75) is 34.3 Å². The number of nitrogens with one attached hydrogen (secondary N) is 1. The third-order valence-corrected chi connectivity index (χ3v) is 3.54. The minimum atomic E-state index is -0.443. The number of aryl methyl sites for hydroxylation is 3. The molecule has 112 valence electrons. The number of rotatable bonds is 4. The Morgan fingerprint density at radius 2 is 1.86 bits per heavy atom. The van der Waals surface area contributed by atoms with E-state index in [4.69, 9.17) is 15.0 Å². The highest BCUT2D eigenvalue weighted by Crippen LogP contribution is 2.27. The standard InChI is InChI=1S/C16H20N2O3/c1-9-5-6-10(2)14(12(9)4)20-8-13-7-11(3)15(21-13)16(19)18-17/h5-7H,8,17H2,1-4H3,(H,18,19). The summed E-state index contributed by atoms with van der Waals surface area (Å²) in [5.74, 6) is 6.33. The van der Waals surface area contributed by atoms with Crippen molar-refractivity contribution in [2.75, 3.05) is 0 Å². The molecular formula is C16H20N2O3. The van der Waals surface area contributed by atoms with E-state index in [1.807, 2.05) is 26.8 Å². The van der Waals surface area contributed by atoms with E-state index in [0.717, 1.165) is 22.4 Å². The van der Waals surface area contributed by atoms with Crippen LogP contribution in [0.25, 0.3) is 0 Å². The van der Waals surface area contributed by atoms with Crippen molar-refractivity contribution in [3.63, 3.8) is 0 Å². The first-order valence-electron chi connectivity index (χ1n) is 6.74. The van der Waals surface area contributed by atoms with Gasteiger partial charge in [0.2, 0.25) is 0 Å². The van der Waals surface area contributed by atoms with Crippen molar-refractivity contribution in [3.8, 4) is 5.75 Å². The Bertz CT molecular complexity index is 674. The molecule has 0 aliphatic heterocycles. The van der Waals surface area contributed by atoms with Gasteiger partial charge in [-0.1, -0.05) is 12.1 Å². The predicted molar refractivity (Wildman–Crippen MR) is 80.1 cm³/mol.